The second kappa shape index (κ2) is 10.2. The highest BCUT2D eigenvalue weighted by molar-refractivity contribution is 6.15. The first kappa shape index (κ1) is 23.0. The van der Waals surface area contributed by atoms with Crippen molar-refractivity contribution in [2.75, 3.05) is 43.1 Å². The number of nitrogens with zero attached hydrogens (tertiary/aromatic N) is 3. The van der Waals surface area contributed by atoms with Gasteiger partial charge in [-0.3, -0.25) is 24.4 Å². The van der Waals surface area contributed by atoms with Crippen molar-refractivity contribution in [2.45, 2.75) is 25.6 Å². The van der Waals surface area contributed by atoms with Crippen molar-refractivity contribution in [2.24, 2.45) is 10.7 Å². The minimum Gasteiger partial charge on any atom is -0.379 e. The predicted octanol–water partition coefficient (Wildman–Crippen LogP) is 2.00. The number of anilines is 2. The van der Waals surface area contributed by atoms with E-state index in [1.165, 1.54) is 29.2 Å². The number of aliphatic imine (C=N–C) groups is 1. The maximum Gasteiger partial charge on any atom is 0.267 e. The van der Waals surface area contributed by atoms with E-state index in [0.29, 0.717) is 43.3 Å². The molecule has 4 rings (SSSR count). The summed E-state index contributed by atoms with van der Waals surface area (Å²) in [6.45, 7) is 5.20. The van der Waals surface area contributed by atoms with Gasteiger partial charge in [0.2, 0.25) is 5.91 Å². The number of amides is 2. The van der Waals surface area contributed by atoms with Crippen LogP contribution in [0.25, 0.3) is 0 Å². The van der Waals surface area contributed by atoms with E-state index in [-0.39, 0.29) is 5.91 Å². The summed E-state index contributed by atoms with van der Waals surface area (Å²) in [4.78, 5) is 34.8. The molecule has 1 fully saturated rings. The number of benzene rings is 2. The summed E-state index contributed by atoms with van der Waals surface area (Å²) in [5.41, 5.74) is 8.75. The van der Waals surface area contributed by atoms with E-state index in [1.54, 1.807) is 0 Å². The smallest absolute Gasteiger partial charge is 0.267 e. The van der Waals surface area contributed by atoms with Gasteiger partial charge in [-0.25, -0.2) is 4.39 Å². The molecular weight excluding hydrogens is 425 g/mol. The Morgan fingerprint density at radius 3 is 2.61 bits per heavy atom. The maximum atomic E-state index is 13.4. The number of carbonyl (C=O) groups excluding carboxylic acids is 2. The topological polar surface area (TPSA) is 100 Å². The van der Waals surface area contributed by atoms with Crippen LogP contribution in [-0.4, -0.2) is 67.5 Å². The van der Waals surface area contributed by atoms with Crippen molar-refractivity contribution in [3.8, 4) is 0 Å². The zero-order valence-corrected chi connectivity index (χ0v) is 18.5. The third-order valence-electron chi connectivity index (χ3n) is 5.85. The van der Waals surface area contributed by atoms with Crippen LogP contribution >= 0.6 is 0 Å². The van der Waals surface area contributed by atoms with Gasteiger partial charge < -0.3 is 15.8 Å². The Balaban J connectivity index is 1.66. The van der Waals surface area contributed by atoms with Crippen LogP contribution in [0, 0.1) is 5.82 Å². The Hall–Kier alpha value is -3.14. The number of fused-ring (bicyclic) bond motifs is 1. The molecule has 2 aromatic rings. The fraction of sp³-hybridized carbons (Fsp3) is 0.375. The van der Waals surface area contributed by atoms with E-state index in [0.717, 1.165) is 18.7 Å². The maximum absolute atomic E-state index is 13.4. The lowest BCUT2D eigenvalue weighted by Crippen LogP contribution is -2.52. The summed E-state index contributed by atoms with van der Waals surface area (Å²) < 4.78 is 18.7. The third kappa shape index (κ3) is 5.11. The van der Waals surface area contributed by atoms with Crippen LogP contribution in [-0.2, 0) is 14.3 Å². The second-order valence-electron chi connectivity index (χ2n) is 8.05. The number of para-hydroxylation sites is 1. The Morgan fingerprint density at radius 2 is 1.91 bits per heavy atom. The summed E-state index contributed by atoms with van der Waals surface area (Å²) >= 11 is 0. The number of halogens is 1. The highest BCUT2D eigenvalue weighted by atomic mass is 19.1. The molecule has 8 nitrogen and oxygen atoms in total. The molecule has 3 N–H and O–H groups in total. The van der Waals surface area contributed by atoms with E-state index in [2.05, 4.69) is 15.2 Å². The molecular formula is C24H28FN5O3. The molecule has 2 aromatic carbocycles. The summed E-state index contributed by atoms with van der Waals surface area (Å²) in [5, 5.41) is 2.78. The lowest BCUT2D eigenvalue weighted by molar-refractivity contribution is -0.124. The van der Waals surface area contributed by atoms with E-state index < -0.39 is 23.9 Å². The molecule has 0 spiro atoms. The van der Waals surface area contributed by atoms with E-state index in [9.17, 15) is 14.0 Å². The Labute approximate surface area is 192 Å². The number of hydrogen-bond donors (Lipinski definition) is 2. The van der Waals surface area contributed by atoms with Crippen molar-refractivity contribution in [3.63, 3.8) is 0 Å². The van der Waals surface area contributed by atoms with Gasteiger partial charge in [0, 0.05) is 30.9 Å². The van der Waals surface area contributed by atoms with Crippen LogP contribution in [0.2, 0.25) is 0 Å². The lowest BCUT2D eigenvalue weighted by atomic mass is 10.0. The second-order valence-corrected chi connectivity index (χ2v) is 8.05. The van der Waals surface area contributed by atoms with E-state index in [4.69, 9.17) is 10.5 Å². The first-order chi connectivity index (χ1) is 16.0. The van der Waals surface area contributed by atoms with Gasteiger partial charge in [-0.2, -0.15) is 0 Å². The molecule has 2 amide bonds. The van der Waals surface area contributed by atoms with Gasteiger partial charge in [0.1, 0.15) is 11.9 Å². The molecule has 0 bridgehead atoms. The molecule has 0 aromatic heterocycles. The fourth-order valence-electron chi connectivity index (χ4n) is 4.14. The number of nitrogens with two attached hydrogens (primary N) is 1. The number of nitrogens with one attached hydrogen (secondary N) is 1. The summed E-state index contributed by atoms with van der Waals surface area (Å²) in [6, 6.07) is 12.1. The SMILES string of the molecule is CCC(C(=O)Nc1ccc(F)cc1)N1C(=O)C(N)N=C(CN2CCOCC2)c2ccccc21. The average Bonchev–Trinajstić information content (AvgIpc) is 2.92. The molecule has 9 heteroatoms. The van der Waals surface area contributed by atoms with Gasteiger partial charge in [0.15, 0.2) is 6.17 Å². The zero-order valence-electron chi connectivity index (χ0n) is 18.5. The molecule has 2 aliphatic rings. The summed E-state index contributed by atoms with van der Waals surface area (Å²) in [5.74, 6) is -1.22. The van der Waals surface area contributed by atoms with Crippen molar-refractivity contribution in [1.82, 2.24) is 4.90 Å². The van der Waals surface area contributed by atoms with Crippen LogP contribution in [0.15, 0.2) is 53.5 Å². The Bertz CT molecular complexity index is 1040. The molecule has 0 aliphatic carbocycles. The standard InChI is InChI=1S/C24H28FN5O3/c1-2-20(23(31)27-17-9-7-16(25)8-10-17)30-21-6-4-3-5-18(21)19(28-22(26)24(30)32)15-29-11-13-33-14-12-29/h3-10,20,22H,2,11-15,26H2,1H3,(H,27,31). The van der Waals surface area contributed by atoms with E-state index in [1.807, 2.05) is 31.2 Å². The normalized spacial score (nSPS) is 20.0. The van der Waals surface area contributed by atoms with Gasteiger partial charge in [-0.15, -0.1) is 0 Å². The quantitative estimate of drug-likeness (QED) is 0.697. The predicted molar refractivity (Wildman–Crippen MR) is 125 cm³/mol. The van der Waals surface area contributed by atoms with Crippen LogP contribution < -0.4 is 16.0 Å². The van der Waals surface area contributed by atoms with Gasteiger partial charge in [0.25, 0.3) is 5.91 Å². The molecule has 1 saturated heterocycles. The van der Waals surface area contributed by atoms with Crippen molar-refractivity contribution in [1.29, 1.82) is 0 Å². The number of hydrogen-bond acceptors (Lipinski definition) is 6. The van der Waals surface area contributed by atoms with Crippen molar-refractivity contribution in [3.05, 3.63) is 59.9 Å². The summed E-state index contributed by atoms with van der Waals surface area (Å²) in [6.07, 6.45) is -0.764. The van der Waals surface area contributed by atoms with Crippen LogP contribution in [0.5, 0.6) is 0 Å². The minimum atomic E-state index is -1.12. The number of carbonyl (C=O) groups is 2. The van der Waals surface area contributed by atoms with Gasteiger partial charge >= 0.3 is 0 Å². The number of morpholine rings is 1. The monoisotopic (exact) mass is 453 g/mol. The summed E-state index contributed by atoms with van der Waals surface area (Å²) in [7, 11) is 0. The van der Waals surface area contributed by atoms with Crippen molar-refractivity contribution >= 4 is 28.9 Å². The first-order valence-electron chi connectivity index (χ1n) is 11.1. The molecule has 0 saturated carbocycles. The molecule has 174 valence electrons. The molecule has 2 atom stereocenters. The fourth-order valence-corrected chi connectivity index (χ4v) is 4.14. The molecule has 2 aliphatic heterocycles. The third-order valence-corrected chi connectivity index (χ3v) is 5.85. The first-order valence-corrected chi connectivity index (χ1v) is 11.1. The molecule has 2 unspecified atom stereocenters. The lowest BCUT2D eigenvalue weighted by Gasteiger charge is -2.31. The Kier molecular flexibility index (Phi) is 7.12. The molecule has 33 heavy (non-hydrogen) atoms. The zero-order chi connectivity index (χ0) is 23.4. The van der Waals surface area contributed by atoms with Crippen LogP contribution in [0.3, 0.4) is 0 Å². The van der Waals surface area contributed by atoms with Gasteiger partial charge in [-0.05, 0) is 36.8 Å². The highest BCUT2D eigenvalue weighted by Gasteiger charge is 2.37. The van der Waals surface area contributed by atoms with Crippen LogP contribution in [0.4, 0.5) is 15.8 Å². The van der Waals surface area contributed by atoms with Crippen LogP contribution in [0.1, 0.15) is 18.9 Å². The average molecular weight is 454 g/mol. The highest BCUT2D eigenvalue weighted by Crippen LogP contribution is 2.29. The minimum absolute atomic E-state index is 0.360. The molecule has 0 radical (unpaired) electrons. The van der Waals surface area contributed by atoms with Crippen molar-refractivity contribution < 1.29 is 18.7 Å². The van der Waals surface area contributed by atoms with Gasteiger partial charge in [0.05, 0.1) is 24.6 Å². The molecule has 2 heterocycles. The number of benzodiazepines with no additional fused rings is 1. The van der Waals surface area contributed by atoms with Gasteiger partial charge in [-0.1, -0.05) is 25.1 Å². The number of ether oxygens (including phenoxy) is 1. The van der Waals surface area contributed by atoms with E-state index >= 15 is 0 Å². The number of rotatable bonds is 6. The largest absolute Gasteiger partial charge is 0.379 e. The Morgan fingerprint density at radius 1 is 1.21 bits per heavy atom.